The number of halogens is 2. The highest BCUT2D eigenvalue weighted by Gasteiger charge is 2.04. The van der Waals surface area contributed by atoms with Crippen LogP contribution >= 0.6 is 11.6 Å². The summed E-state index contributed by atoms with van der Waals surface area (Å²) in [6.45, 7) is 2.24. The molecule has 0 fully saturated rings. The van der Waals surface area contributed by atoms with E-state index in [-0.39, 0.29) is 11.6 Å². The number of anilines is 1. The van der Waals surface area contributed by atoms with Gasteiger partial charge in [-0.2, -0.15) is 0 Å². The predicted molar refractivity (Wildman–Crippen MR) is 71.6 cm³/mol. The van der Waals surface area contributed by atoms with E-state index in [4.69, 9.17) is 11.6 Å². The van der Waals surface area contributed by atoms with Crippen LogP contribution in [-0.2, 0) is 6.54 Å². The molecule has 0 aromatic heterocycles. The summed E-state index contributed by atoms with van der Waals surface area (Å²) < 4.78 is 13.3. The lowest BCUT2D eigenvalue weighted by Gasteiger charge is -2.10. The van der Waals surface area contributed by atoms with Crippen LogP contribution < -0.4 is 5.32 Å². The summed E-state index contributed by atoms with van der Waals surface area (Å²) in [4.78, 5) is 0. The van der Waals surface area contributed by atoms with Gasteiger partial charge in [0.25, 0.3) is 0 Å². The van der Waals surface area contributed by atoms with Crippen LogP contribution in [0.2, 0.25) is 5.02 Å². The van der Waals surface area contributed by atoms with E-state index < -0.39 is 0 Å². The average Bonchev–Trinajstić information content (AvgIpc) is 2.35. The minimum absolute atomic E-state index is 0.0577. The molecule has 0 spiro atoms. The van der Waals surface area contributed by atoms with Crippen LogP contribution in [-0.4, -0.2) is 5.11 Å². The maximum absolute atomic E-state index is 13.3. The lowest BCUT2D eigenvalue weighted by molar-refractivity contribution is 0.475. The second-order valence-corrected chi connectivity index (χ2v) is 4.46. The normalized spacial score (nSPS) is 10.4. The van der Waals surface area contributed by atoms with Gasteiger partial charge >= 0.3 is 0 Å². The van der Waals surface area contributed by atoms with Crippen LogP contribution in [0.1, 0.15) is 11.1 Å². The Morgan fingerprint density at radius 3 is 2.78 bits per heavy atom. The number of nitrogens with one attached hydrogen (secondary N) is 1. The summed E-state index contributed by atoms with van der Waals surface area (Å²) in [5, 5.41) is 12.8. The van der Waals surface area contributed by atoms with E-state index in [2.05, 4.69) is 5.32 Å². The Morgan fingerprint density at radius 1 is 1.28 bits per heavy atom. The standard InChI is InChI=1S/C14H13ClFNO/c1-9-12(16)3-2-4-13(9)17-8-10-5-6-14(18)11(15)7-10/h2-7,17-18H,8H2,1H3. The minimum Gasteiger partial charge on any atom is -0.506 e. The number of hydrogen-bond donors (Lipinski definition) is 2. The van der Waals surface area contributed by atoms with Crippen molar-refractivity contribution < 1.29 is 9.50 Å². The summed E-state index contributed by atoms with van der Waals surface area (Å²) >= 11 is 5.81. The van der Waals surface area contributed by atoms with Crippen LogP contribution in [0.25, 0.3) is 0 Å². The van der Waals surface area contributed by atoms with Crippen LogP contribution in [0.15, 0.2) is 36.4 Å². The third-order valence-electron chi connectivity index (χ3n) is 2.76. The van der Waals surface area contributed by atoms with Gasteiger partial charge in [-0.3, -0.25) is 0 Å². The van der Waals surface area contributed by atoms with E-state index in [1.165, 1.54) is 12.1 Å². The monoisotopic (exact) mass is 265 g/mol. The first-order valence-electron chi connectivity index (χ1n) is 5.54. The van der Waals surface area contributed by atoms with Gasteiger partial charge in [-0.05, 0) is 36.8 Å². The summed E-state index contributed by atoms with van der Waals surface area (Å²) in [6.07, 6.45) is 0. The average molecular weight is 266 g/mol. The van der Waals surface area contributed by atoms with Gasteiger partial charge in [0.1, 0.15) is 11.6 Å². The van der Waals surface area contributed by atoms with E-state index in [0.717, 1.165) is 11.3 Å². The molecule has 2 aromatic rings. The molecule has 2 nitrogen and oxygen atoms in total. The van der Waals surface area contributed by atoms with Gasteiger partial charge in [0, 0.05) is 17.8 Å². The van der Waals surface area contributed by atoms with E-state index in [0.29, 0.717) is 17.1 Å². The first-order chi connectivity index (χ1) is 8.58. The molecule has 2 N–H and O–H groups in total. The fourth-order valence-corrected chi connectivity index (χ4v) is 1.86. The number of benzene rings is 2. The number of hydrogen-bond acceptors (Lipinski definition) is 2. The summed E-state index contributed by atoms with van der Waals surface area (Å²) in [5.74, 6) is -0.175. The van der Waals surface area contributed by atoms with Crippen molar-refractivity contribution in [2.24, 2.45) is 0 Å². The van der Waals surface area contributed by atoms with Gasteiger partial charge < -0.3 is 10.4 Å². The second-order valence-electron chi connectivity index (χ2n) is 4.05. The molecule has 0 aliphatic rings. The summed E-state index contributed by atoms with van der Waals surface area (Å²) in [5.41, 5.74) is 2.25. The minimum atomic E-state index is -0.233. The van der Waals surface area contributed by atoms with E-state index >= 15 is 0 Å². The van der Waals surface area contributed by atoms with Gasteiger partial charge in [0.05, 0.1) is 5.02 Å². The van der Waals surface area contributed by atoms with Gasteiger partial charge in [0.15, 0.2) is 0 Å². The molecule has 0 unspecified atom stereocenters. The highest BCUT2D eigenvalue weighted by Crippen LogP contribution is 2.24. The number of rotatable bonds is 3. The van der Waals surface area contributed by atoms with Gasteiger partial charge in [-0.25, -0.2) is 4.39 Å². The molecule has 0 amide bonds. The fourth-order valence-electron chi connectivity index (χ4n) is 1.66. The molecule has 0 atom stereocenters. The molecule has 2 rings (SSSR count). The summed E-state index contributed by atoms with van der Waals surface area (Å²) in [7, 11) is 0. The van der Waals surface area contributed by atoms with E-state index in [1.54, 1.807) is 25.1 Å². The number of phenols is 1. The second kappa shape index (κ2) is 5.27. The predicted octanol–water partition coefficient (Wildman–Crippen LogP) is 4.11. The quantitative estimate of drug-likeness (QED) is 0.875. The maximum Gasteiger partial charge on any atom is 0.134 e. The van der Waals surface area contributed by atoms with Crippen molar-refractivity contribution in [2.45, 2.75) is 13.5 Å². The Balaban J connectivity index is 2.11. The zero-order valence-corrected chi connectivity index (χ0v) is 10.6. The molecule has 0 aliphatic carbocycles. The van der Waals surface area contributed by atoms with Crippen molar-refractivity contribution >= 4 is 17.3 Å². The molecule has 4 heteroatoms. The lowest BCUT2D eigenvalue weighted by atomic mass is 10.1. The molecule has 0 bridgehead atoms. The molecule has 0 saturated heterocycles. The number of phenolic OH excluding ortho intramolecular Hbond substituents is 1. The SMILES string of the molecule is Cc1c(F)cccc1NCc1ccc(O)c(Cl)c1. The molecule has 0 heterocycles. The molecular weight excluding hydrogens is 253 g/mol. The van der Waals surface area contributed by atoms with E-state index in [9.17, 15) is 9.50 Å². The first-order valence-corrected chi connectivity index (χ1v) is 5.92. The van der Waals surface area contributed by atoms with E-state index in [1.807, 2.05) is 6.07 Å². The summed E-state index contributed by atoms with van der Waals surface area (Å²) in [6, 6.07) is 9.89. The van der Waals surface area contributed by atoms with Crippen LogP contribution in [0.5, 0.6) is 5.75 Å². The molecule has 94 valence electrons. The highest BCUT2D eigenvalue weighted by molar-refractivity contribution is 6.32. The number of aromatic hydroxyl groups is 1. The van der Waals surface area contributed by atoms with Crippen molar-refractivity contribution in [2.75, 3.05) is 5.32 Å². The van der Waals surface area contributed by atoms with Crippen molar-refractivity contribution in [1.82, 2.24) is 0 Å². The maximum atomic E-state index is 13.3. The molecule has 18 heavy (non-hydrogen) atoms. The van der Waals surface area contributed by atoms with Gasteiger partial charge in [-0.15, -0.1) is 0 Å². The van der Waals surface area contributed by atoms with Crippen LogP contribution in [0.4, 0.5) is 10.1 Å². The van der Waals surface area contributed by atoms with Crippen LogP contribution in [0, 0.1) is 12.7 Å². The Hall–Kier alpha value is -1.74. The lowest BCUT2D eigenvalue weighted by Crippen LogP contribution is -2.01. The van der Waals surface area contributed by atoms with Crippen molar-refractivity contribution in [3.63, 3.8) is 0 Å². The Labute approximate surface area is 110 Å². The van der Waals surface area contributed by atoms with Crippen molar-refractivity contribution in [1.29, 1.82) is 0 Å². The molecule has 2 aromatic carbocycles. The molecule has 0 saturated carbocycles. The zero-order valence-electron chi connectivity index (χ0n) is 9.87. The zero-order chi connectivity index (χ0) is 13.1. The smallest absolute Gasteiger partial charge is 0.134 e. The molecule has 0 radical (unpaired) electrons. The third kappa shape index (κ3) is 2.74. The van der Waals surface area contributed by atoms with Crippen LogP contribution in [0.3, 0.4) is 0 Å². The fraction of sp³-hybridized carbons (Fsp3) is 0.143. The topological polar surface area (TPSA) is 32.3 Å². The Kier molecular flexibility index (Phi) is 3.72. The van der Waals surface area contributed by atoms with Gasteiger partial charge in [0.2, 0.25) is 0 Å². The van der Waals surface area contributed by atoms with Crippen molar-refractivity contribution in [3.05, 3.63) is 58.4 Å². The molecular formula is C14H13ClFNO. The Bertz CT molecular complexity index is 572. The molecule has 0 aliphatic heterocycles. The largest absolute Gasteiger partial charge is 0.506 e. The van der Waals surface area contributed by atoms with Gasteiger partial charge in [-0.1, -0.05) is 23.7 Å². The first kappa shape index (κ1) is 12.7. The third-order valence-corrected chi connectivity index (χ3v) is 3.07. The van der Waals surface area contributed by atoms with Crippen molar-refractivity contribution in [3.8, 4) is 5.75 Å². The Morgan fingerprint density at radius 2 is 2.06 bits per heavy atom. The highest BCUT2D eigenvalue weighted by atomic mass is 35.5.